The number of nitrogens with zero attached hydrogens (tertiary/aromatic N) is 4. The van der Waals surface area contributed by atoms with Crippen molar-refractivity contribution in [3.63, 3.8) is 0 Å². The Hall–Kier alpha value is -3.46. The van der Waals surface area contributed by atoms with E-state index >= 15 is 0 Å². The summed E-state index contributed by atoms with van der Waals surface area (Å²) < 4.78 is 5.33. The number of methoxy groups -OCH3 is 1. The van der Waals surface area contributed by atoms with Gasteiger partial charge in [0, 0.05) is 57.0 Å². The monoisotopic (exact) mass is 450 g/mol. The van der Waals surface area contributed by atoms with Crippen LogP contribution in [0.1, 0.15) is 25.3 Å². The number of anilines is 3. The Balaban J connectivity index is 1.56. The Bertz CT molecular complexity index is 1110. The number of nitrogens with one attached hydrogen (secondary N) is 2. The molecule has 1 aliphatic heterocycles. The molecule has 0 spiro atoms. The number of fused-ring (bicyclic) bond motifs is 1. The van der Waals surface area contributed by atoms with Crippen LogP contribution in [0.4, 0.5) is 22.9 Å². The fourth-order valence-corrected chi connectivity index (χ4v) is 4.44. The number of nitro benzene ring substituents is 1. The maximum atomic E-state index is 11.6. The van der Waals surface area contributed by atoms with Crippen LogP contribution in [-0.2, 0) is 11.3 Å². The molecular weight excluding hydrogens is 420 g/mol. The zero-order chi connectivity index (χ0) is 23.2. The minimum atomic E-state index is -0.378. The maximum Gasteiger partial charge on any atom is 0.293 e. The van der Waals surface area contributed by atoms with E-state index in [1.165, 1.54) is 12.0 Å². The van der Waals surface area contributed by atoms with Crippen LogP contribution in [0.5, 0.6) is 0 Å². The molecule has 2 aromatic carbocycles. The molecule has 0 aliphatic carbocycles. The molecule has 33 heavy (non-hydrogen) atoms. The van der Waals surface area contributed by atoms with Crippen molar-refractivity contribution < 1.29 is 9.66 Å². The van der Waals surface area contributed by atoms with Crippen LogP contribution in [-0.4, -0.2) is 48.2 Å². The van der Waals surface area contributed by atoms with Gasteiger partial charge in [-0.2, -0.15) is 0 Å². The highest BCUT2D eigenvalue weighted by Crippen LogP contribution is 2.33. The molecule has 9 heteroatoms. The summed E-state index contributed by atoms with van der Waals surface area (Å²) in [5.41, 5.74) is 3.50. The molecule has 0 bridgehead atoms. The molecule has 2 N–H and O–H groups in total. The molecule has 4 rings (SSSR count). The van der Waals surface area contributed by atoms with Crippen LogP contribution >= 0.6 is 0 Å². The summed E-state index contributed by atoms with van der Waals surface area (Å²) in [5, 5.41) is 18.7. The van der Waals surface area contributed by atoms with E-state index < -0.39 is 0 Å². The molecule has 1 aliphatic rings. The van der Waals surface area contributed by atoms with Gasteiger partial charge in [-0.1, -0.05) is 18.2 Å². The number of ether oxygens (including phenoxy) is 1. The molecule has 1 aromatic heterocycles. The average molecular weight is 451 g/mol. The van der Waals surface area contributed by atoms with Gasteiger partial charge in [-0.3, -0.25) is 10.1 Å². The van der Waals surface area contributed by atoms with E-state index in [2.05, 4.69) is 43.7 Å². The normalized spacial score (nSPS) is 14.4. The molecule has 9 nitrogen and oxygen atoms in total. The third kappa shape index (κ3) is 5.14. The summed E-state index contributed by atoms with van der Waals surface area (Å²) in [5.74, 6) is 1.20. The lowest BCUT2D eigenvalue weighted by molar-refractivity contribution is -0.383. The SMILES string of the molecule is CCNc1cc2ncnc(NCc3ccccc3N3CCC(COC)CC3)c2cc1[N+](=O)[O-]. The smallest absolute Gasteiger partial charge is 0.293 e. The lowest BCUT2D eigenvalue weighted by Gasteiger charge is -2.34. The fraction of sp³-hybridized carbons (Fsp3) is 0.417. The molecule has 1 fully saturated rings. The largest absolute Gasteiger partial charge is 0.384 e. The molecular formula is C24H30N6O3. The summed E-state index contributed by atoms with van der Waals surface area (Å²) in [6.07, 6.45) is 3.71. The van der Waals surface area contributed by atoms with Crippen molar-refractivity contribution in [1.82, 2.24) is 9.97 Å². The second-order valence-electron chi connectivity index (χ2n) is 8.26. The Morgan fingerprint density at radius 1 is 1.18 bits per heavy atom. The number of para-hydroxylation sites is 1. The summed E-state index contributed by atoms with van der Waals surface area (Å²) >= 11 is 0. The molecule has 0 saturated carbocycles. The van der Waals surface area contributed by atoms with Crippen LogP contribution in [0.3, 0.4) is 0 Å². The van der Waals surface area contributed by atoms with E-state index in [-0.39, 0.29) is 10.6 Å². The second-order valence-corrected chi connectivity index (χ2v) is 8.26. The van der Waals surface area contributed by atoms with Crippen molar-refractivity contribution in [2.24, 2.45) is 5.92 Å². The minimum absolute atomic E-state index is 0.0153. The Morgan fingerprint density at radius 3 is 2.70 bits per heavy atom. The van der Waals surface area contributed by atoms with Crippen LogP contribution in [0, 0.1) is 16.0 Å². The molecule has 174 valence electrons. The first-order chi connectivity index (χ1) is 16.1. The average Bonchev–Trinajstić information content (AvgIpc) is 2.83. The lowest BCUT2D eigenvalue weighted by Crippen LogP contribution is -2.35. The predicted molar refractivity (Wildman–Crippen MR) is 131 cm³/mol. The van der Waals surface area contributed by atoms with Gasteiger partial charge in [-0.05, 0) is 43.4 Å². The zero-order valence-electron chi connectivity index (χ0n) is 19.1. The summed E-state index contributed by atoms with van der Waals surface area (Å²) in [6.45, 7) is 5.87. The molecule has 3 aromatic rings. The van der Waals surface area contributed by atoms with Gasteiger partial charge in [0.05, 0.1) is 10.4 Å². The number of rotatable bonds is 9. The van der Waals surface area contributed by atoms with Crippen molar-refractivity contribution in [3.8, 4) is 0 Å². The summed E-state index contributed by atoms with van der Waals surface area (Å²) in [6, 6.07) is 11.6. The van der Waals surface area contributed by atoms with E-state index in [1.807, 2.05) is 13.0 Å². The van der Waals surface area contributed by atoms with Crippen LogP contribution in [0.15, 0.2) is 42.7 Å². The molecule has 0 unspecified atom stereocenters. The number of hydrogen-bond acceptors (Lipinski definition) is 8. The van der Waals surface area contributed by atoms with Crippen molar-refractivity contribution in [1.29, 1.82) is 0 Å². The van der Waals surface area contributed by atoms with Crippen LogP contribution < -0.4 is 15.5 Å². The summed E-state index contributed by atoms with van der Waals surface area (Å²) in [4.78, 5) is 22.4. The quantitative estimate of drug-likeness (QED) is 0.364. The van der Waals surface area contributed by atoms with Gasteiger partial charge in [-0.15, -0.1) is 0 Å². The van der Waals surface area contributed by atoms with Crippen LogP contribution in [0.25, 0.3) is 10.9 Å². The van der Waals surface area contributed by atoms with Gasteiger partial charge < -0.3 is 20.3 Å². The van der Waals surface area contributed by atoms with Crippen LogP contribution in [0.2, 0.25) is 0 Å². The van der Waals surface area contributed by atoms with Gasteiger partial charge in [0.15, 0.2) is 0 Å². The third-order valence-electron chi connectivity index (χ3n) is 6.11. The molecule has 0 amide bonds. The lowest BCUT2D eigenvalue weighted by atomic mass is 9.96. The minimum Gasteiger partial charge on any atom is -0.384 e. The predicted octanol–water partition coefficient (Wildman–Crippen LogP) is 4.44. The highest BCUT2D eigenvalue weighted by atomic mass is 16.6. The number of aromatic nitrogens is 2. The third-order valence-corrected chi connectivity index (χ3v) is 6.11. The number of hydrogen-bond donors (Lipinski definition) is 2. The molecule has 1 saturated heterocycles. The van der Waals surface area contributed by atoms with E-state index in [1.54, 1.807) is 19.2 Å². The zero-order valence-corrected chi connectivity index (χ0v) is 19.1. The van der Waals surface area contributed by atoms with Gasteiger partial charge >= 0.3 is 0 Å². The summed E-state index contributed by atoms with van der Waals surface area (Å²) in [7, 11) is 1.76. The van der Waals surface area contributed by atoms with Gasteiger partial charge in [0.25, 0.3) is 5.69 Å². The van der Waals surface area contributed by atoms with Crippen molar-refractivity contribution in [2.75, 3.05) is 48.9 Å². The Kier molecular flexibility index (Phi) is 7.19. The topological polar surface area (TPSA) is 105 Å². The van der Waals surface area contributed by atoms with Crippen molar-refractivity contribution in [3.05, 3.63) is 58.4 Å². The highest BCUT2D eigenvalue weighted by molar-refractivity contribution is 5.94. The fourth-order valence-electron chi connectivity index (χ4n) is 4.44. The Morgan fingerprint density at radius 2 is 1.97 bits per heavy atom. The number of nitro groups is 1. The van der Waals surface area contributed by atoms with E-state index in [4.69, 9.17) is 4.74 Å². The Labute approximate surface area is 193 Å². The van der Waals surface area contributed by atoms with Gasteiger partial charge in [-0.25, -0.2) is 9.97 Å². The maximum absolute atomic E-state index is 11.6. The van der Waals surface area contributed by atoms with Crippen molar-refractivity contribution in [2.45, 2.75) is 26.3 Å². The standard InChI is InChI=1S/C24H30N6O3/c1-3-25-21-13-20-19(12-23(21)30(31)32)24(28-16-27-20)26-14-18-6-4-5-7-22(18)29-10-8-17(9-11-29)15-33-2/h4-7,12-13,16-17,25H,3,8-11,14-15H2,1-2H3,(H,26,27,28). The highest BCUT2D eigenvalue weighted by Gasteiger charge is 2.21. The molecule has 0 atom stereocenters. The second kappa shape index (κ2) is 10.4. The van der Waals surface area contributed by atoms with E-state index in [0.717, 1.165) is 38.1 Å². The first kappa shape index (κ1) is 22.7. The number of benzene rings is 2. The first-order valence-electron chi connectivity index (χ1n) is 11.3. The molecule has 0 radical (unpaired) electrons. The number of piperidine rings is 1. The van der Waals surface area contributed by atoms with Gasteiger partial charge in [0.2, 0.25) is 0 Å². The van der Waals surface area contributed by atoms with Crippen molar-refractivity contribution >= 4 is 33.8 Å². The molecule has 2 heterocycles. The van der Waals surface area contributed by atoms with E-state index in [0.29, 0.717) is 41.4 Å². The van der Waals surface area contributed by atoms with Gasteiger partial charge in [0.1, 0.15) is 17.8 Å². The first-order valence-corrected chi connectivity index (χ1v) is 11.3. The van der Waals surface area contributed by atoms with E-state index in [9.17, 15) is 10.1 Å².